The van der Waals surface area contributed by atoms with Gasteiger partial charge in [-0.3, -0.25) is 4.99 Å². The van der Waals surface area contributed by atoms with Crippen molar-refractivity contribution >= 4 is 5.96 Å². The zero-order valence-electron chi connectivity index (χ0n) is 17.5. The Morgan fingerprint density at radius 3 is 2.52 bits per heavy atom. The predicted molar refractivity (Wildman–Crippen MR) is 107 cm³/mol. The van der Waals surface area contributed by atoms with Gasteiger partial charge in [-0.2, -0.15) is 13.2 Å². The van der Waals surface area contributed by atoms with E-state index in [0.717, 1.165) is 31.6 Å². The van der Waals surface area contributed by atoms with Gasteiger partial charge in [-0.25, -0.2) is 0 Å². The highest BCUT2D eigenvalue weighted by atomic mass is 19.4. The van der Waals surface area contributed by atoms with Crippen molar-refractivity contribution in [3.05, 3.63) is 29.3 Å². The summed E-state index contributed by atoms with van der Waals surface area (Å²) in [5.74, 6) is 0.805. The lowest BCUT2D eigenvalue weighted by atomic mass is 9.88. The number of alkyl halides is 3. The lowest BCUT2D eigenvalue weighted by Crippen LogP contribution is -2.57. The standard InChI is InChI=1S/C20H31F3N4O2/c1-15-5-6-16(17(11-15)29-14-20(21,22)23)12-25-18(24-2)26-13-19(27(3)4)7-9-28-10-8-19/h5-6,11H,7-10,12-14H2,1-4H3,(H2,24,25,26). The Hall–Kier alpha value is -2.00. The molecule has 1 aliphatic heterocycles. The molecule has 6 nitrogen and oxygen atoms in total. The number of benzene rings is 1. The van der Waals surface area contributed by atoms with Crippen molar-refractivity contribution in [3.63, 3.8) is 0 Å². The fourth-order valence-corrected chi connectivity index (χ4v) is 3.28. The molecule has 9 heteroatoms. The SMILES string of the molecule is CN=C(NCc1ccc(C)cc1OCC(F)(F)F)NCC1(N(C)C)CCOCC1. The van der Waals surface area contributed by atoms with Crippen molar-refractivity contribution in [2.75, 3.05) is 47.5 Å². The van der Waals surface area contributed by atoms with Gasteiger partial charge in [0.15, 0.2) is 12.6 Å². The second kappa shape index (κ2) is 10.2. The summed E-state index contributed by atoms with van der Waals surface area (Å²) >= 11 is 0. The highest BCUT2D eigenvalue weighted by Gasteiger charge is 2.34. The van der Waals surface area contributed by atoms with Crippen LogP contribution < -0.4 is 15.4 Å². The van der Waals surface area contributed by atoms with E-state index in [4.69, 9.17) is 9.47 Å². The Labute approximate surface area is 170 Å². The summed E-state index contributed by atoms with van der Waals surface area (Å²) < 4.78 is 48.1. The normalized spacial score (nSPS) is 17.3. The fourth-order valence-electron chi connectivity index (χ4n) is 3.28. The molecular weight excluding hydrogens is 385 g/mol. The number of aryl methyl sites for hydroxylation is 1. The van der Waals surface area contributed by atoms with Crippen molar-refractivity contribution in [2.45, 2.75) is 38.0 Å². The van der Waals surface area contributed by atoms with Crippen LogP contribution in [0.2, 0.25) is 0 Å². The van der Waals surface area contributed by atoms with Crippen molar-refractivity contribution in [2.24, 2.45) is 4.99 Å². The van der Waals surface area contributed by atoms with Crippen LogP contribution in [0.4, 0.5) is 13.2 Å². The maximum Gasteiger partial charge on any atom is 0.422 e. The quantitative estimate of drug-likeness (QED) is 0.529. The number of nitrogens with one attached hydrogen (secondary N) is 2. The lowest BCUT2D eigenvalue weighted by Gasteiger charge is -2.43. The predicted octanol–water partition coefficient (Wildman–Crippen LogP) is 2.71. The summed E-state index contributed by atoms with van der Waals surface area (Å²) in [6.45, 7) is 2.92. The van der Waals surface area contributed by atoms with Crippen molar-refractivity contribution < 1.29 is 22.6 Å². The van der Waals surface area contributed by atoms with Crippen LogP contribution in [-0.4, -0.2) is 70.1 Å². The van der Waals surface area contributed by atoms with Crippen molar-refractivity contribution in [1.82, 2.24) is 15.5 Å². The molecule has 0 aliphatic carbocycles. The van der Waals surface area contributed by atoms with Gasteiger partial charge in [-0.1, -0.05) is 12.1 Å². The summed E-state index contributed by atoms with van der Waals surface area (Å²) in [6, 6.07) is 5.22. The highest BCUT2D eigenvalue weighted by molar-refractivity contribution is 5.79. The lowest BCUT2D eigenvalue weighted by molar-refractivity contribution is -0.153. The van der Waals surface area contributed by atoms with E-state index in [1.54, 1.807) is 19.2 Å². The second-order valence-corrected chi connectivity index (χ2v) is 7.53. The molecule has 1 fully saturated rings. The molecule has 1 saturated heterocycles. The van der Waals surface area contributed by atoms with Gasteiger partial charge in [0.05, 0.1) is 0 Å². The maximum absolute atomic E-state index is 12.5. The van der Waals surface area contributed by atoms with E-state index in [1.807, 2.05) is 13.0 Å². The van der Waals surface area contributed by atoms with Gasteiger partial charge < -0.3 is 25.0 Å². The van der Waals surface area contributed by atoms with E-state index in [1.165, 1.54) is 0 Å². The van der Waals surface area contributed by atoms with Crippen molar-refractivity contribution in [3.8, 4) is 5.75 Å². The molecule has 2 N–H and O–H groups in total. The van der Waals surface area contributed by atoms with Gasteiger partial charge >= 0.3 is 6.18 Å². The van der Waals surface area contributed by atoms with Crippen LogP contribution in [0, 0.1) is 6.92 Å². The van der Waals surface area contributed by atoms with Gasteiger partial charge in [0.2, 0.25) is 0 Å². The number of ether oxygens (including phenoxy) is 2. The number of halogens is 3. The molecule has 29 heavy (non-hydrogen) atoms. The second-order valence-electron chi connectivity index (χ2n) is 7.53. The molecule has 1 aliphatic rings. The molecule has 0 amide bonds. The number of hydrogen-bond donors (Lipinski definition) is 2. The van der Waals surface area contributed by atoms with Crippen LogP contribution in [0.25, 0.3) is 0 Å². The first-order valence-corrected chi connectivity index (χ1v) is 9.64. The third-order valence-electron chi connectivity index (χ3n) is 5.24. The van der Waals surface area contributed by atoms with E-state index in [2.05, 4.69) is 34.6 Å². The minimum Gasteiger partial charge on any atom is -0.484 e. The van der Waals surface area contributed by atoms with E-state index in [9.17, 15) is 13.2 Å². The number of likely N-dealkylation sites (N-methyl/N-ethyl adjacent to an activating group) is 1. The molecule has 0 unspecified atom stereocenters. The first kappa shape index (κ1) is 23.3. The zero-order chi connectivity index (χ0) is 21.5. The number of rotatable bonds is 7. The summed E-state index contributed by atoms with van der Waals surface area (Å²) in [5.41, 5.74) is 1.44. The molecular formula is C20H31F3N4O2. The summed E-state index contributed by atoms with van der Waals surface area (Å²) in [5, 5.41) is 6.51. The van der Waals surface area contributed by atoms with E-state index < -0.39 is 12.8 Å². The van der Waals surface area contributed by atoms with Crippen molar-refractivity contribution in [1.29, 1.82) is 0 Å². The smallest absolute Gasteiger partial charge is 0.422 e. The first-order valence-electron chi connectivity index (χ1n) is 9.64. The Morgan fingerprint density at radius 2 is 1.93 bits per heavy atom. The maximum atomic E-state index is 12.5. The number of aliphatic imine (C=N–C) groups is 1. The average Bonchev–Trinajstić information content (AvgIpc) is 2.67. The number of hydrogen-bond acceptors (Lipinski definition) is 4. The minimum atomic E-state index is -4.38. The minimum absolute atomic E-state index is 0.0271. The average molecular weight is 416 g/mol. The summed E-state index contributed by atoms with van der Waals surface area (Å²) in [7, 11) is 5.78. The molecule has 0 radical (unpaired) electrons. The number of guanidine groups is 1. The van der Waals surface area contributed by atoms with Gasteiger partial charge in [0, 0.05) is 44.5 Å². The topological polar surface area (TPSA) is 58.1 Å². The summed E-state index contributed by atoms with van der Waals surface area (Å²) in [4.78, 5) is 6.44. The molecule has 0 aromatic heterocycles. The Kier molecular flexibility index (Phi) is 8.15. The van der Waals surface area contributed by atoms with E-state index >= 15 is 0 Å². The van der Waals surface area contributed by atoms with Crippen LogP contribution in [0.1, 0.15) is 24.0 Å². The van der Waals surface area contributed by atoms with Crippen LogP contribution in [0.5, 0.6) is 5.75 Å². The molecule has 1 aromatic rings. The van der Waals surface area contributed by atoms with Gasteiger partial charge in [-0.05, 0) is 45.5 Å². The molecule has 0 spiro atoms. The molecule has 2 rings (SSSR count). The van der Waals surface area contributed by atoms with Crippen LogP contribution >= 0.6 is 0 Å². The van der Waals surface area contributed by atoms with Gasteiger partial charge in [-0.15, -0.1) is 0 Å². The Bertz CT molecular complexity index is 687. The van der Waals surface area contributed by atoms with Crippen LogP contribution in [0.15, 0.2) is 23.2 Å². The number of nitrogens with zero attached hydrogens (tertiary/aromatic N) is 2. The molecule has 1 aromatic carbocycles. The van der Waals surface area contributed by atoms with Crippen LogP contribution in [-0.2, 0) is 11.3 Å². The van der Waals surface area contributed by atoms with E-state index in [-0.39, 0.29) is 11.3 Å². The Balaban J connectivity index is 1.98. The largest absolute Gasteiger partial charge is 0.484 e. The molecule has 0 atom stereocenters. The van der Waals surface area contributed by atoms with E-state index in [0.29, 0.717) is 24.6 Å². The first-order chi connectivity index (χ1) is 13.6. The molecule has 0 bridgehead atoms. The van der Waals surface area contributed by atoms with Gasteiger partial charge in [0.1, 0.15) is 5.75 Å². The monoisotopic (exact) mass is 416 g/mol. The highest BCUT2D eigenvalue weighted by Crippen LogP contribution is 2.25. The summed E-state index contributed by atoms with van der Waals surface area (Å²) in [6.07, 6.45) is -2.55. The van der Waals surface area contributed by atoms with Gasteiger partial charge in [0.25, 0.3) is 0 Å². The molecule has 0 saturated carbocycles. The third kappa shape index (κ3) is 7.08. The third-order valence-corrected chi connectivity index (χ3v) is 5.24. The fraction of sp³-hybridized carbons (Fsp3) is 0.650. The zero-order valence-corrected chi connectivity index (χ0v) is 17.5. The van der Waals surface area contributed by atoms with Crippen LogP contribution in [0.3, 0.4) is 0 Å². The molecule has 164 valence electrons. The Morgan fingerprint density at radius 1 is 1.24 bits per heavy atom. The molecule has 1 heterocycles.